The molecule has 0 saturated heterocycles. The van der Waals surface area contributed by atoms with Gasteiger partial charge in [-0.15, -0.1) is 0 Å². The SMILES string of the molecule is CCCS(=O)(=O)Nc1ccc(C(=O)c2ccccc2)cc1. The lowest BCUT2D eigenvalue weighted by Gasteiger charge is -2.07. The van der Waals surface area contributed by atoms with Crippen LogP contribution in [0, 0.1) is 0 Å². The van der Waals surface area contributed by atoms with E-state index in [0.29, 0.717) is 23.2 Å². The van der Waals surface area contributed by atoms with Crippen molar-refractivity contribution < 1.29 is 13.2 Å². The monoisotopic (exact) mass is 303 g/mol. The van der Waals surface area contributed by atoms with Gasteiger partial charge in [0.1, 0.15) is 0 Å². The van der Waals surface area contributed by atoms with Crippen LogP contribution in [0.5, 0.6) is 0 Å². The topological polar surface area (TPSA) is 63.2 Å². The third-order valence-corrected chi connectivity index (χ3v) is 4.42. The lowest BCUT2D eigenvalue weighted by atomic mass is 10.0. The van der Waals surface area contributed by atoms with Crippen molar-refractivity contribution in [3.63, 3.8) is 0 Å². The molecule has 0 bridgehead atoms. The molecule has 110 valence electrons. The van der Waals surface area contributed by atoms with Gasteiger partial charge in [-0.3, -0.25) is 9.52 Å². The van der Waals surface area contributed by atoms with Gasteiger partial charge in [0.15, 0.2) is 5.78 Å². The van der Waals surface area contributed by atoms with E-state index in [-0.39, 0.29) is 11.5 Å². The van der Waals surface area contributed by atoms with Crippen molar-refractivity contribution in [3.8, 4) is 0 Å². The Morgan fingerprint density at radius 1 is 0.952 bits per heavy atom. The number of rotatable bonds is 6. The van der Waals surface area contributed by atoms with Crippen LogP contribution < -0.4 is 4.72 Å². The van der Waals surface area contributed by atoms with Crippen LogP contribution >= 0.6 is 0 Å². The van der Waals surface area contributed by atoms with Gasteiger partial charge in [-0.25, -0.2) is 8.42 Å². The Kier molecular flexibility index (Phi) is 4.75. The number of anilines is 1. The van der Waals surface area contributed by atoms with Crippen LogP contribution in [0.4, 0.5) is 5.69 Å². The minimum atomic E-state index is -3.30. The summed E-state index contributed by atoms with van der Waals surface area (Å²) >= 11 is 0. The molecule has 0 amide bonds. The van der Waals surface area contributed by atoms with E-state index in [1.807, 2.05) is 6.07 Å². The highest BCUT2D eigenvalue weighted by Crippen LogP contribution is 2.15. The normalized spacial score (nSPS) is 11.1. The number of nitrogens with one attached hydrogen (secondary N) is 1. The molecule has 0 saturated carbocycles. The van der Waals surface area contributed by atoms with E-state index in [2.05, 4.69) is 4.72 Å². The highest BCUT2D eigenvalue weighted by atomic mass is 32.2. The number of carbonyl (C=O) groups excluding carboxylic acids is 1. The number of carbonyl (C=O) groups is 1. The minimum Gasteiger partial charge on any atom is -0.289 e. The summed E-state index contributed by atoms with van der Waals surface area (Å²) in [5, 5.41) is 0. The Morgan fingerprint density at radius 3 is 2.10 bits per heavy atom. The molecule has 2 aromatic carbocycles. The quantitative estimate of drug-likeness (QED) is 0.834. The largest absolute Gasteiger partial charge is 0.289 e. The molecule has 0 fully saturated rings. The lowest BCUT2D eigenvalue weighted by molar-refractivity contribution is 0.103. The molecule has 0 radical (unpaired) electrons. The Bertz CT molecular complexity index is 707. The van der Waals surface area contributed by atoms with Gasteiger partial charge >= 0.3 is 0 Å². The van der Waals surface area contributed by atoms with E-state index in [1.165, 1.54) is 0 Å². The zero-order chi connectivity index (χ0) is 15.3. The summed E-state index contributed by atoms with van der Waals surface area (Å²) in [6.07, 6.45) is 0.555. The molecule has 0 atom stereocenters. The maximum absolute atomic E-state index is 12.2. The summed E-state index contributed by atoms with van der Waals surface area (Å²) in [5.74, 6) is -0.00361. The molecule has 1 N–H and O–H groups in total. The van der Waals surface area contributed by atoms with Crippen molar-refractivity contribution in [2.24, 2.45) is 0 Å². The Labute approximate surface area is 124 Å². The third-order valence-electron chi connectivity index (χ3n) is 2.93. The van der Waals surface area contributed by atoms with Crippen molar-refractivity contribution in [2.45, 2.75) is 13.3 Å². The Balaban J connectivity index is 2.14. The summed E-state index contributed by atoms with van der Waals surface area (Å²) in [7, 11) is -3.30. The van der Waals surface area contributed by atoms with E-state index in [9.17, 15) is 13.2 Å². The number of benzene rings is 2. The average Bonchev–Trinajstić information content (AvgIpc) is 2.48. The Hall–Kier alpha value is -2.14. The maximum atomic E-state index is 12.2. The molecule has 5 heteroatoms. The molecule has 0 aromatic heterocycles. The molecule has 0 unspecified atom stereocenters. The van der Waals surface area contributed by atoms with Crippen LogP contribution in [0.2, 0.25) is 0 Å². The molecule has 0 aliphatic carbocycles. The van der Waals surface area contributed by atoms with Crippen LogP contribution in [-0.4, -0.2) is 20.0 Å². The summed E-state index contributed by atoms with van der Waals surface area (Å²) in [4.78, 5) is 12.2. The van der Waals surface area contributed by atoms with Crippen LogP contribution in [0.1, 0.15) is 29.3 Å². The number of hydrogen-bond acceptors (Lipinski definition) is 3. The fraction of sp³-hybridized carbons (Fsp3) is 0.188. The average molecular weight is 303 g/mol. The minimum absolute atomic E-state index is 0.0810. The summed E-state index contributed by atoms with van der Waals surface area (Å²) < 4.78 is 25.8. The second-order valence-corrected chi connectivity index (χ2v) is 6.54. The maximum Gasteiger partial charge on any atom is 0.232 e. The van der Waals surface area contributed by atoms with Crippen molar-refractivity contribution in [1.29, 1.82) is 0 Å². The molecular formula is C16H17NO3S. The second kappa shape index (κ2) is 6.54. The summed E-state index contributed by atoms with van der Waals surface area (Å²) in [5.41, 5.74) is 1.60. The zero-order valence-electron chi connectivity index (χ0n) is 11.7. The Morgan fingerprint density at radius 2 is 1.52 bits per heavy atom. The van der Waals surface area contributed by atoms with Gasteiger partial charge in [-0.1, -0.05) is 37.3 Å². The van der Waals surface area contributed by atoms with E-state index in [4.69, 9.17) is 0 Å². The summed E-state index contributed by atoms with van der Waals surface area (Å²) in [6.45, 7) is 1.81. The highest BCUT2D eigenvalue weighted by molar-refractivity contribution is 7.92. The first-order chi connectivity index (χ1) is 10.0. The van der Waals surface area contributed by atoms with E-state index in [1.54, 1.807) is 55.5 Å². The highest BCUT2D eigenvalue weighted by Gasteiger charge is 2.11. The van der Waals surface area contributed by atoms with Crippen LogP contribution in [-0.2, 0) is 10.0 Å². The molecule has 0 aliphatic heterocycles. The number of sulfonamides is 1. The second-order valence-electron chi connectivity index (χ2n) is 4.69. The van der Waals surface area contributed by atoms with E-state index >= 15 is 0 Å². The number of hydrogen-bond donors (Lipinski definition) is 1. The molecule has 0 aliphatic rings. The van der Waals surface area contributed by atoms with Crippen molar-refractivity contribution in [2.75, 3.05) is 10.5 Å². The van der Waals surface area contributed by atoms with Gasteiger partial charge in [-0.05, 0) is 30.7 Å². The van der Waals surface area contributed by atoms with Crippen LogP contribution in [0.25, 0.3) is 0 Å². The molecule has 4 nitrogen and oxygen atoms in total. The van der Waals surface area contributed by atoms with Gasteiger partial charge in [0.05, 0.1) is 5.75 Å². The molecule has 0 heterocycles. The standard InChI is InChI=1S/C16H17NO3S/c1-2-12-21(19,20)17-15-10-8-14(9-11-15)16(18)13-6-4-3-5-7-13/h3-11,17H,2,12H2,1H3. The predicted molar refractivity (Wildman–Crippen MR) is 84.0 cm³/mol. The first-order valence-electron chi connectivity index (χ1n) is 6.72. The molecular weight excluding hydrogens is 286 g/mol. The predicted octanol–water partition coefficient (Wildman–Crippen LogP) is 3.07. The first kappa shape index (κ1) is 15.3. The molecule has 21 heavy (non-hydrogen) atoms. The van der Waals surface area contributed by atoms with Crippen LogP contribution in [0.3, 0.4) is 0 Å². The summed E-state index contributed by atoms with van der Waals surface area (Å²) in [6, 6.07) is 15.4. The smallest absolute Gasteiger partial charge is 0.232 e. The van der Waals surface area contributed by atoms with Gasteiger partial charge < -0.3 is 0 Å². The van der Waals surface area contributed by atoms with Crippen molar-refractivity contribution in [1.82, 2.24) is 0 Å². The zero-order valence-corrected chi connectivity index (χ0v) is 12.6. The van der Waals surface area contributed by atoms with Crippen molar-refractivity contribution >= 4 is 21.5 Å². The fourth-order valence-electron chi connectivity index (χ4n) is 1.95. The fourth-order valence-corrected chi connectivity index (χ4v) is 3.08. The van der Waals surface area contributed by atoms with Crippen molar-refractivity contribution in [3.05, 3.63) is 65.7 Å². The van der Waals surface area contributed by atoms with Gasteiger partial charge in [0, 0.05) is 16.8 Å². The van der Waals surface area contributed by atoms with Gasteiger partial charge in [0.2, 0.25) is 10.0 Å². The lowest BCUT2D eigenvalue weighted by Crippen LogP contribution is -2.16. The van der Waals surface area contributed by atoms with Gasteiger partial charge in [-0.2, -0.15) is 0 Å². The van der Waals surface area contributed by atoms with E-state index in [0.717, 1.165) is 0 Å². The first-order valence-corrected chi connectivity index (χ1v) is 8.37. The van der Waals surface area contributed by atoms with Gasteiger partial charge in [0.25, 0.3) is 0 Å². The third kappa shape index (κ3) is 4.16. The molecule has 2 aromatic rings. The number of ketones is 1. The van der Waals surface area contributed by atoms with Crippen LogP contribution in [0.15, 0.2) is 54.6 Å². The molecule has 2 rings (SSSR count). The van der Waals surface area contributed by atoms with E-state index < -0.39 is 10.0 Å². The molecule has 0 spiro atoms.